The highest BCUT2D eigenvalue weighted by atomic mass is 16.6. The van der Waals surface area contributed by atoms with Crippen LogP contribution in [-0.2, 0) is 19.1 Å². The minimum absolute atomic E-state index is 0.126. The Morgan fingerprint density at radius 1 is 1.03 bits per heavy atom. The van der Waals surface area contributed by atoms with Gasteiger partial charge in [0.15, 0.2) is 0 Å². The Kier molecular flexibility index (Phi) is 9.08. The molecule has 3 rings (SSSR count). The van der Waals surface area contributed by atoms with Crippen LogP contribution in [0.2, 0.25) is 0 Å². The Balaban J connectivity index is 1.53. The van der Waals surface area contributed by atoms with Gasteiger partial charge in [-0.1, -0.05) is 0 Å². The van der Waals surface area contributed by atoms with E-state index in [2.05, 4.69) is 10.6 Å². The van der Waals surface area contributed by atoms with E-state index in [1.54, 1.807) is 36.1 Å². The molecule has 11 nitrogen and oxygen atoms in total. The van der Waals surface area contributed by atoms with Crippen LogP contribution in [0, 0.1) is 0 Å². The summed E-state index contributed by atoms with van der Waals surface area (Å²) in [6.07, 6.45) is -0.485. The van der Waals surface area contributed by atoms with Crippen molar-refractivity contribution in [2.45, 2.75) is 26.3 Å². The highest BCUT2D eigenvalue weighted by Crippen LogP contribution is 2.17. The van der Waals surface area contributed by atoms with E-state index in [4.69, 9.17) is 9.47 Å². The van der Waals surface area contributed by atoms with E-state index in [9.17, 15) is 19.2 Å². The molecule has 2 aliphatic rings. The zero-order chi connectivity index (χ0) is 24.5. The molecule has 1 atom stereocenters. The molecule has 0 unspecified atom stereocenters. The zero-order valence-corrected chi connectivity index (χ0v) is 19.7. The summed E-state index contributed by atoms with van der Waals surface area (Å²) in [5.41, 5.74) is 0.585. The third-order valence-corrected chi connectivity index (χ3v) is 5.74. The number of carbonyl (C=O) groups is 4. The second-order valence-corrected chi connectivity index (χ2v) is 8.07. The fraction of sp³-hybridized carbons (Fsp3) is 0.565. The van der Waals surface area contributed by atoms with Crippen molar-refractivity contribution in [2.24, 2.45) is 0 Å². The maximum absolute atomic E-state index is 13.0. The van der Waals surface area contributed by atoms with Gasteiger partial charge in [-0.15, -0.1) is 0 Å². The average Bonchev–Trinajstić information content (AvgIpc) is 2.82. The first-order valence-electron chi connectivity index (χ1n) is 11.6. The number of ether oxygens (including phenoxy) is 2. The molecule has 1 aromatic carbocycles. The minimum Gasteiger partial charge on any atom is -0.494 e. The third-order valence-electron chi connectivity index (χ3n) is 5.74. The number of nitrogens with one attached hydrogen (secondary N) is 2. The quantitative estimate of drug-likeness (QED) is 0.562. The summed E-state index contributed by atoms with van der Waals surface area (Å²) < 4.78 is 10.4. The number of hydrogen-bond donors (Lipinski definition) is 2. The normalized spacial score (nSPS) is 18.8. The number of benzene rings is 1. The molecule has 2 N–H and O–H groups in total. The molecule has 2 heterocycles. The molecule has 0 saturated carbocycles. The van der Waals surface area contributed by atoms with Crippen molar-refractivity contribution in [2.75, 3.05) is 64.3 Å². The van der Waals surface area contributed by atoms with Gasteiger partial charge in [-0.05, 0) is 38.1 Å². The summed E-state index contributed by atoms with van der Waals surface area (Å²) in [5.74, 6) is -0.203. The molecule has 0 spiro atoms. The predicted octanol–water partition coefficient (Wildman–Crippen LogP) is 0.515. The lowest BCUT2D eigenvalue weighted by Crippen LogP contribution is -2.60. The third kappa shape index (κ3) is 6.83. The van der Waals surface area contributed by atoms with Crippen molar-refractivity contribution < 1.29 is 28.7 Å². The highest BCUT2D eigenvalue weighted by Gasteiger charge is 2.35. The van der Waals surface area contributed by atoms with Crippen molar-refractivity contribution in [3.8, 4) is 5.75 Å². The van der Waals surface area contributed by atoms with Crippen LogP contribution in [0.4, 0.5) is 10.5 Å². The van der Waals surface area contributed by atoms with Crippen LogP contribution >= 0.6 is 0 Å². The summed E-state index contributed by atoms with van der Waals surface area (Å²) in [5, 5.41) is 5.51. The van der Waals surface area contributed by atoms with E-state index in [-0.39, 0.29) is 36.8 Å². The molecule has 0 radical (unpaired) electrons. The van der Waals surface area contributed by atoms with Gasteiger partial charge < -0.3 is 29.9 Å². The largest absolute Gasteiger partial charge is 0.494 e. The van der Waals surface area contributed by atoms with Gasteiger partial charge in [0, 0.05) is 45.0 Å². The molecule has 2 fully saturated rings. The Bertz CT molecular complexity index is 869. The maximum Gasteiger partial charge on any atom is 0.409 e. The number of amides is 4. The lowest BCUT2D eigenvalue weighted by atomic mass is 10.1. The smallest absolute Gasteiger partial charge is 0.409 e. The van der Waals surface area contributed by atoms with Gasteiger partial charge in [-0.3, -0.25) is 19.3 Å². The van der Waals surface area contributed by atoms with Crippen LogP contribution in [0.25, 0.3) is 0 Å². The SMILES string of the molecule is CCOC(=O)N1CCN(CC(=O)N2CCNC(=O)[C@H]2CC(=O)Nc2ccc(OCC)cc2)CC1. The van der Waals surface area contributed by atoms with Crippen molar-refractivity contribution >= 4 is 29.5 Å². The molecule has 0 aromatic heterocycles. The van der Waals surface area contributed by atoms with E-state index >= 15 is 0 Å². The van der Waals surface area contributed by atoms with Crippen LogP contribution in [0.3, 0.4) is 0 Å². The van der Waals surface area contributed by atoms with Crippen LogP contribution in [0.15, 0.2) is 24.3 Å². The van der Waals surface area contributed by atoms with Crippen molar-refractivity contribution in [3.63, 3.8) is 0 Å². The van der Waals surface area contributed by atoms with Crippen LogP contribution in [0.5, 0.6) is 5.75 Å². The summed E-state index contributed by atoms with van der Waals surface area (Å²) >= 11 is 0. The maximum atomic E-state index is 13.0. The second-order valence-electron chi connectivity index (χ2n) is 8.07. The van der Waals surface area contributed by atoms with Gasteiger partial charge in [0.25, 0.3) is 0 Å². The average molecular weight is 476 g/mol. The Hall–Kier alpha value is -3.34. The predicted molar refractivity (Wildman–Crippen MR) is 124 cm³/mol. The second kappa shape index (κ2) is 12.2. The molecule has 1 aromatic rings. The van der Waals surface area contributed by atoms with E-state index < -0.39 is 6.04 Å². The number of rotatable bonds is 8. The van der Waals surface area contributed by atoms with Gasteiger partial charge in [-0.25, -0.2) is 4.79 Å². The minimum atomic E-state index is -0.871. The van der Waals surface area contributed by atoms with Gasteiger partial charge in [0.05, 0.1) is 26.2 Å². The molecule has 2 saturated heterocycles. The van der Waals surface area contributed by atoms with Crippen LogP contribution in [0.1, 0.15) is 20.3 Å². The van der Waals surface area contributed by atoms with E-state index in [1.165, 1.54) is 4.90 Å². The zero-order valence-electron chi connectivity index (χ0n) is 19.7. The van der Waals surface area contributed by atoms with Crippen LogP contribution < -0.4 is 15.4 Å². The van der Waals surface area contributed by atoms with Gasteiger partial charge >= 0.3 is 6.09 Å². The standard InChI is InChI=1S/C23H33N5O6/c1-3-33-18-7-5-17(6-8-18)25-20(29)15-19-22(31)24-9-10-28(19)21(30)16-26-11-13-27(14-12-26)23(32)34-4-2/h5-8,19H,3-4,9-16H2,1-2H3,(H,24,31)(H,25,29)/t19-/m1/s1. The Morgan fingerprint density at radius 2 is 1.74 bits per heavy atom. The first kappa shape index (κ1) is 25.3. The molecule has 0 bridgehead atoms. The number of anilines is 1. The van der Waals surface area contributed by atoms with Gasteiger partial charge in [0.1, 0.15) is 11.8 Å². The number of carbonyl (C=O) groups excluding carboxylic acids is 4. The van der Waals surface area contributed by atoms with Crippen molar-refractivity contribution in [1.29, 1.82) is 0 Å². The number of piperazine rings is 2. The lowest BCUT2D eigenvalue weighted by Gasteiger charge is -2.38. The molecular weight excluding hydrogens is 442 g/mol. The Labute approximate surface area is 199 Å². The van der Waals surface area contributed by atoms with E-state index in [0.717, 1.165) is 0 Å². The number of hydrogen-bond acceptors (Lipinski definition) is 7. The molecule has 4 amide bonds. The molecule has 34 heavy (non-hydrogen) atoms. The first-order valence-corrected chi connectivity index (χ1v) is 11.6. The molecule has 186 valence electrons. The van der Waals surface area contributed by atoms with E-state index in [1.807, 2.05) is 11.8 Å². The molecule has 2 aliphatic heterocycles. The summed E-state index contributed by atoms with van der Waals surface area (Å²) in [6, 6.07) is 6.09. The topological polar surface area (TPSA) is 121 Å². The Morgan fingerprint density at radius 3 is 2.38 bits per heavy atom. The number of nitrogens with zero attached hydrogens (tertiary/aromatic N) is 3. The monoisotopic (exact) mass is 475 g/mol. The fourth-order valence-corrected chi connectivity index (χ4v) is 3.99. The first-order chi connectivity index (χ1) is 16.4. The van der Waals surface area contributed by atoms with E-state index in [0.29, 0.717) is 63.9 Å². The molecule has 11 heteroatoms. The summed E-state index contributed by atoms with van der Waals surface area (Å²) in [7, 11) is 0. The molecule has 0 aliphatic carbocycles. The van der Waals surface area contributed by atoms with Gasteiger partial charge in [-0.2, -0.15) is 0 Å². The van der Waals surface area contributed by atoms with Crippen molar-refractivity contribution in [3.05, 3.63) is 24.3 Å². The fourth-order valence-electron chi connectivity index (χ4n) is 3.99. The summed E-state index contributed by atoms with van der Waals surface area (Å²) in [6.45, 7) is 7.35. The summed E-state index contributed by atoms with van der Waals surface area (Å²) in [4.78, 5) is 55.1. The molecular formula is C23H33N5O6. The van der Waals surface area contributed by atoms with Crippen LogP contribution in [-0.4, -0.2) is 104 Å². The lowest BCUT2D eigenvalue weighted by molar-refractivity contribution is -0.145. The van der Waals surface area contributed by atoms with Gasteiger partial charge in [0.2, 0.25) is 17.7 Å². The highest BCUT2D eigenvalue weighted by molar-refractivity contribution is 5.97. The van der Waals surface area contributed by atoms with Crippen molar-refractivity contribution in [1.82, 2.24) is 20.0 Å².